The first kappa shape index (κ1) is 26.1. The molecule has 6 rings (SSSR count). The molecule has 3 aromatic rings. The van der Waals surface area contributed by atoms with Gasteiger partial charge in [0.1, 0.15) is 17.3 Å². The molecular formula is C29H31F2N7O2. The Bertz CT molecular complexity index is 1470. The van der Waals surface area contributed by atoms with Crippen LogP contribution in [0.15, 0.2) is 36.4 Å². The minimum atomic E-state index is -0.889. The maximum absolute atomic E-state index is 15.0. The van der Waals surface area contributed by atoms with Crippen molar-refractivity contribution in [2.75, 3.05) is 22.9 Å². The lowest BCUT2D eigenvalue weighted by Gasteiger charge is -2.34. The summed E-state index contributed by atoms with van der Waals surface area (Å²) in [4.78, 5) is 38.7. The molecule has 208 valence electrons. The molecule has 0 unspecified atom stereocenters. The number of piperidine rings is 1. The highest BCUT2D eigenvalue weighted by molar-refractivity contribution is 6.02. The summed E-state index contributed by atoms with van der Waals surface area (Å²) in [6, 6.07) is 8.41. The summed E-state index contributed by atoms with van der Waals surface area (Å²) >= 11 is 0. The van der Waals surface area contributed by atoms with Gasteiger partial charge in [-0.15, -0.1) is 0 Å². The molecule has 2 aromatic carbocycles. The Morgan fingerprint density at radius 1 is 1.07 bits per heavy atom. The third kappa shape index (κ3) is 4.74. The molecular weight excluding hydrogens is 516 g/mol. The topological polar surface area (TPSA) is 116 Å². The molecule has 0 atom stereocenters. The number of anilines is 3. The summed E-state index contributed by atoms with van der Waals surface area (Å²) in [6.45, 7) is 3.16. The molecule has 1 saturated carbocycles. The number of nitrogens with two attached hydrogens (primary N) is 1. The highest BCUT2D eigenvalue weighted by Gasteiger charge is 2.35. The molecule has 40 heavy (non-hydrogen) atoms. The predicted octanol–water partition coefficient (Wildman–Crippen LogP) is 4.30. The van der Waals surface area contributed by atoms with Gasteiger partial charge in [-0.1, -0.05) is 12.1 Å². The second kappa shape index (κ2) is 10.5. The van der Waals surface area contributed by atoms with E-state index in [4.69, 9.17) is 15.7 Å². The Kier molecular flexibility index (Phi) is 6.83. The number of hydrogen-bond donors (Lipinski definition) is 3. The Labute approximate surface area is 230 Å². The quantitative estimate of drug-likeness (QED) is 0.439. The molecule has 3 heterocycles. The second-order valence-electron chi connectivity index (χ2n) is 10.7. The van der Waals surface area contributed by atoms with Crippen LogP contribution in [0, 0.1) is 18.6 Å². The molecule has 1 aliphatic carbocycles. The van der Waals surface area contributed by atoms with E-state index in [1.165, 1.54) is 6.07 Å². The number of carbonyl (C=O) groups is 2. The van der Waals surface area contributed by atoms with Crippen molar-refractivity contribution in [3.05, 3.63) is 64.7 Å². The number of hydrogen-bond acceptors (Lipinski definition) is 6. The Morgan fingerprint density at radius 2 is 1.80 bits per heavy atom. The lowest BCUT2D eigenvalue weighted by atomic mass is 9.92. The van der Waals surface area contributed by atoms with Gasteiger partial charge in [-0.25, -0.2) is 23.5 Å². The average molecular weight is 548 g/mol. The number of nitrogens with one attached hydrogen (secondary N) is 2. The van der Waals surface area contributed by atoms with E-state index >= 15 is 0 Å². The predicted molar refractivity (Wildman–Crippen MR) is 147 cm³/mol. The van der Waals surface area contributed by atoms with Gasteiger partial charge < -0.3 is 21.3 Å². The number of amides is 3. The highest BCUT2D eigenvalue weighted by Crippen LogP contribution is 2.40. The summed E-state index contributed by atoms with van der Waals surface area (Å²) < 4.78 is 30.0. The molecule has 0 spiro atoms. The number of halogens is 2. The SMILES string of the molecule is Cc1ccc(C(=O)NC2CCC2)cc1-c1nc(N2CCC(N)CC2)nc2c1CNC(=O)N2c1c(F)cccc1F. The minimum Gasteiger partial charge on any atom is -0.349 e. The van der Waals surface area contributed by atoms with Crippen LogP contribution < -0.4 is 26.2 Å². The van der Waals surface area contributed by atoms with Crippen LogP contribution in [0.2, 0.25) is 0 Å². The third-order valence-corrected chi connectivity index (χ3v) is 7.98. The Balaban J connectivity index is 1.52. The molecule has 1 aromatic heterocycles. The van der Waals surface area contributed by atoms with Gasteiger partial charge in [0.05, 0.1) is 12.2 Å². The monoisotopic (exact) mass is 547 g/mol. The maximum Gasteiger partial charge on any atom is 0.328 e. The maximum atomic E-state index is 15.0. The van der Waals surface area contributed by atoms with Gasteiger partial charge in [-0.3, -0.25) is 4.79 Å². The van der Waals surface area contributed by atoms with E-state index in [2.05, 4.69) is 10.6 Å². The summed E-state index contributed by atoms with van der Waals surface area (Å²) in [5.41, 5.74) is 8.62. The van der Waals surface area contributed by atoms with Crippen LogP contribution in [0.4, 0.5) is 31.0 Å². The average Bonchev–Trinajstić information content (AvgIpc) is 2.91. The lowest BCUT2D eigenvalue weighted by molar-refractivity contribution is 0.0917. The van der Waals surface area contributed by atoms with Gasteiger partial charge >= 0.3 is 6.03 Å². The lowest BCUT2D eigenvalue weighted by Crippen LogP contribution is -2.44. The second-order valence-corrected chi connectivity index (χ2v) is 10.7. The fourth-order valence-corrected chi connectivity index (χ4v) is 5.36. The number of carbonyl (C=O) groups excluding carboxylic acids is 2. The van der Waals surface area contributed by atoms with E-state index in [0.29, 0.717) is 41.4 Å². The zero-order chi connectivity index (χ0) is 28.0. The first-order chi connectivity index (χ1) is 19.3. The van der Waals surface area contributed by atoms with Crippen LogP contribution in [0.5, 0.6) is 0 Å². The van der Waals surface area contributed by atoms with Crippen molar-refractivity contribution in [2.45, 2.75) is 57.7 Å². The molecule has 1 saturated heterocycles. The van der Waals surface area contributed by atoms with E-state index < -0.39 is 23.4 Å². The van der Waals surface area contributed by atoms with Crippen LogP contribution in [0.25, 0.3) is 11.3 Å². The summed E-state index contributed by atoms with van der Waals surface area (Å²) in [5.74, 6) is -1.51. The molecule has 0 radical (unpaired) electrons. The van der Waals surface area contributed by atoms with Crippen molar-refractivity contribution < 1.29 is 18.4 Å². The number of urea groups is 1. The Morgan fingerprint density at radius 3 is 2.48 bits per heavy atom. The van der Waals surface area contributed by atoms with Crippen LogP contribution in [0.1, 0.15) is 53.6 Å². The number of aryl methyl sites for hydroxylation is 1. The first-order valence-corrected chi connectivity index (χ1v) is 13.7. The molecule has 3 amide bonds. The van der Waals surface area contributed by atoms with E-state index in [0.717, 1.165) is 54.7 Å². The van der Waals surface area contributed by atoms with Gasteiger partial charge in [-0.05, 0) is 68.9 Å². The number of nitrogens with zero attached hydrogens (tertiary/aromatic N) is 4. The van der Waals surface area contributed by atoms with E-state index in [9.17, 15) is 18.4 Å². The van der Waals surface area contributed by atoms with Gasteiger partial charge in [-0.2, -0.15) is 4.98 Å². The van der Waals surface area contributed by atoms with Gasteiger partial charge in [0.2, 0.25) is 5.95 Å². The van der Waals surface area contributed by atoms with Crippen LogP contribution >= 0.6 is 0 Å². The molecule has 3 aliphatic rings. The number of fused-ring (bicyclic) bond motifs is 1. The van der Waals surface area contributed by atoms with Crippen molar-refractivity contribution in [1.29, 1.82) is 0 Å². The minimum absolute atomic E-state index is 0.0547. The first-order valence-electron chi connectivity index (χ1n) is 13.7. The molecule has 11 heteroatoms. The van der Waals surface area contributed by atoms with Gasteiger partial charge in [0.15, 0.2) is 5.82 Å². The standard InChI is InChI=1S/C29H31F2N7O2/c1-16-8-9-17(27(39)34-19-4-2-5-19)14-20(16)24-21-15-33-29(40)38(25-22(30)6-3-7-23(25)31)26(21)36-28(35-24)37-12-10-18(32)11-13-37/h3,6-9,14,18-19H,2,4-5,10-13,15,32H2,1H3,(H,33,40)(H,34,39). The number of aromatic nitrogens is 2. The van der Waals surface area contributed by atoms with Crippen LogP contribution in [0.3, 0.4) is 0 Å². The molecule has 0 bridgehead atoms. The van der Waals surface area contributed by atoms with Crippen molar-refractivity contribution in [3.63, 3.8) is 0 Å². The number of para-hydroxylation sites is 1. The van der Waals surface area contributed by atoms with E-state index in [1.54, 1.807) is 12.1 Å². The Hall–Kier alpha value is -4.12. The summed E-state index contributed by atoms with van der Waals surface area (Å²) in [6.07, 6.45) is 4.51. The van der Waals surface area contributed by atoms with Crippen molar-refractivity contribution >= 4 is 29.4 Å². The molecule has 4 N–H and O–H groups in total. The molecule has 9 nitrogen and oxygen atoms in total. The molecule has 2 fully saturated rings. The van der Waals surface area contributed by atoms with E-state index in [1.807, 2.05) is 17.9 Å². The van der Waals surface area contributed by atoms with E-state index in [-0.39, 0.29) is 30.4 Å². The highest BCUT2D eigenvalue weighted by atomic mass is 19.1. The van der Waals surface area contributed by atoms with Gasteiger partial charge in [0, 0.05) is 41.9 Å². The zero-order valence-electron chi connectivity index (χ0n) is 22.2. The smallest absolute Gasteiger partial charge is 0.328 e. The third-order valence-electron chi connectivity index (χ3n) is 7.98. The van der Waals surface area contributed by atoms with Crippen LogP contribution in [-0.4, -0.2) is 47.1 Å². The molecule has 2 aliphatic heterocycles. The van der Waals surface area contributed by atoms with Crippen molar-refractivity contribution in [1.82, 2.24) is 20.6 Å². The van der Waals surface area contributed by atoms with Gasteiger partial charge in [0.25, 0.3) is 5.91 Å². The normalized spacial score (nSPS) is 17.8. The fraction of sp³-hybridized carbons (Fsp3) is 0.379. The fourth-order valence-electron chi connectivity index (χ4n) is 5.36. The number of benzene rings is 2. The van der Waals surface area contributed by atoms with Crippen LogP contribution in [-0.2, 0) is 6.54 Å². The summed E-state index contributed by atoms with van der Waals surface area (Å²) in [5, 5.41) is 5.79. The zero-order valence-corrected chi connectivity index (χ0v) is 22.2. The largest absolute Gasteiger partial charge is 0.349 e. The number of rotatable bonds is 5. The van der Waals surface area contributed by atoms with Crippen molar-refractivity contribution in [3.8, 4) is 11.3 Å². The summed E-state index contributed by atoms with van der Waals surface area (Å²) in [7, 11) is 0. The van der Waals surface area contributed by atoms with Crippen molar-refractivity contribution in [2.24, 2.45) is 5.73 Å².